The zero-order chi connectivity index (χ0) is 30.7. The molecule has 2 aliphatic rings. The molecule has 3 aromatic rings. The van der Waals surface area contributed by atoms with Gasteiger partial charge in [0.1, 0.15) is 0 Å². The number of nitrogens with one attached hydrogen (secondary N) is 2. The third kappa shape index (κ3) is 7.75. The summed E-state index contributed by atoms with van der Waals surface area (Å²) in [5.41, 5.74) is 25.8. The number of carbonyl (C=O) groups is 2. The Labute approximate surface area is 247 Å². The molecule has 2 aliphatic heterocycles. The minimum atomic E-state index is -1.10. The average molecular weight is 596 g/mol. The van der Waals surface area contributed by atoms with Crippen LogP contribution in [-0.2, 0) is 4.79 Å². The van der Waals surface area contributed by atoms with E-state index in [9.17, 15) is 18.4 Å². The van der Waals surface area contributed by atoms with Gasteiger partial charge in [-0.2, -0.15) is 15.0 Å². The topological polar surface area (TPSA) is 207 Å². The zero-order valence-electron chi connectivity index (χ0n) is 23.4. The minimum Gasteiger partial charge on any atom is -0.338 e. The zero-order valence-corrected chi connectivity index (χ0v) is 23.4. The Hall–Kier alpha value is -4.31. The van der Waals surface area contributed by atoms with Crippen molar-refractivity contribution >= 4 is 40.9 Å². The second-order valence-corrected chi connectivity index (χ2v) is 11.1. The Kier molecular flexibility index (Phi) is 9.05. The van der Waals surface area contributed by atoms with E-state index in [-0.39, 0.29) is 41.4 Å². The van der Waals surface area contributed by atoms with Crippen molar-refractivity contribution in [2.75, 3.05) is 46.6 Å². The molecule has 10 N–H and O–H groups in total. The summed E-state index contributed by atoms with van der Waals surface area (Å²) in [6, 6.07) is 8.88. The molecule has 13 nitrogen and oxygen atoms in total. The molecule has 2 aromatic carbocycles. The monoisotopic (exact) mass is 595 g/mol. The summed E-state index contributed by atoms with van der Waals surface area (Å²) < 4.78 is 26.5. The molecular formula is C28H35F2N11O2. The largest absolute Gasteiger partial charge is 0.338 e. The summed E-state index contributed by atoms with van der Waals surface area (Å²) in [5.74, 6) is -2.13. The number of piperidine rings is 2. The van der Waals surface area contributed by atoms with Crippen LogP contribution in [0.5, 0.6) is 0 Å². The summed E-state index contributed by atoms with van der Waals surface area (Å²) >= 11 is 0. The SMILES string of the molecule is NC1CC(N)CN(c2nc(Nc3ccc(C(=O)CC(=O)Nc4ccc(F)c(F)c4)cc3)nc(N3C[C@H](N)C[C@@H](N)C3)n2)C1. The molecule has 0 spiro atoms. The number of aromatic nitrogens is 3. The van der Waals surface area contributed by atoms with Crippen molar-refractivity contribution in [3.05, 3.63) is 59.7 Å². The van der Waals surface area contributed by atoms with Crippen molar-refractivity contribution in [1.29, 1.82) is 0 Å². The highest BCUT2D eigenvalue weighted by atomic mass is 19.2. The second kappa shape index (κ2) is 12.9. The molecule has 4 atom stereocenters. The highest BCUT2D eigenvalue weighted by Crippen LogP contribution is 2.24. The first-order chi connectivity index (χ1) is 20.5. The predicted octanol–water partition coefficient (Wildman–Crippen LogP) is 0.834. The number of anilines is 5. The maximum Gasteiger partial charge on any atom is 0.233 e. The van der Waals surface area contributed by atoms with E-state index in [0.717, 1.165) is 12.1 Å². The number of benzene rings is 2. The molecule has 228 valence electrons. The van der Waals surface area contributed by atoms with Crippen molar-refractivity contribution in [2.24, 2.45) is 22.9 Å². The maximum absolute atomic E-state index is 13.4. The predicted molar refractivity (Wildman–Crippen MR) is 159 cm³/mol. The van der Waals surface area contributed by atoms with Gasteiger partial charge in [0.25, 0.3) is 0 Å². The van der Waals surface area contributed by atoms with E-state index in [1.807, 2.05) is 9.80 Å². The van der Waals surface area contributed by atoms with Crippen molar-refractivity contribution in [2.45, 2.75) is 43.4 Å². The number of carbonyl (C=O) groups excluding carboxylic acids is 2. The first-order valence-corrected chi connectivity index (χ1v) is 14.0. The van der Waals surface area contributed by atoms with Gasteiger partial charge >= 0.3 is 0 Å². The van der Waals surface area contributed by atoms with Gasteiger partial charge < -0.3 is 43.4 Å². The van der Waals surface area contributed by atoms with Gasteiger partial charge in [-0.3, -0.25) is 9.59 Å². The van der Waals surface area contributed by atoms with Crippen molar-refractivity contribution in [1.82, 2.24) is 15.0 Å². The summed E-state index contributed by atoms with van der Waals surface area (Å²) in [6.07, 6.45) is 0.923. The van der Waals surface area contributed by atoms with Gasteiger partial charge in [0.15, 0.2) is 17.4 Å². The van der Waals surface area contributed by atoms with Gasteiger partial charge in [-0.05, 0) is 49.2 Å². The Balaban J connectivity index is 1.30. The first-order valence-electron chi connectivity index (χ1n) is 14.0. The number of Topliss-reactive ketones (excluding diaryl/α,β-unsaturated/α-hetero) is 1. The Morgan fingerprint density at radius 2 is 1.26 bits per heavy atom. The van der Waals surface area contributed by atoms with Gasteiger partial charge in [0, 0.05) is 73.4 Å². The number of ketones is 1. The minimum absolute atomic E-state index is 0.0503. The summed E-state index contributed by atoms with van der Waals surface area (Å²) in [6.45, 7) is 2.15. The van der Waals surface area contributed by atoms with Gasteiger partial charge in [0.05, 0.1) is 6.42 Å². The number of amides is 1. The molecule has 1 amide bonds. The van der Waals surface area contributed by atoms with E-state index in [1.54, 1.807) is 24.3 Å². The molecule has 2 fully saturated rings. The summed E-state index contributed by atoms with van der Waals surface area (Å²) in [4.78, 5) is 42.8. The Morgan fingerprint density at radius 3 is 1.77 bits per heavy atom. The number of halogens is 2. The van der Waals surface area contributed by atoms with Crippen LogP contribution in [0.3, 0.4) is 0 Å². The van der Waals surface area contributed by atoms with Gasteiger partial charge in [-0.15, -0.1) is 0 Å². The molecule has 2 saturated heterocycles. The maximum atomic E-state index is 13.4. The lowest BCUT2D eigenvalue weighted by Crippen LogP contribution is -2.54. The number of nitrogens with zero attached hydrogens (tertiary/aromatic N) is 5. The second-order valence-electron chi connectivity index (χ2n) is 11.1. The molecule has 1 aromatic heterocycles. The molecular weight excluding hydrogens is 560 g/mol. The van der Waals surface area contributed by atoms with E-state index in [4.69, 9.17) is 27.9 Å². The molecule has 2 unspecified atom stereocenters. The van der Waals surface area contributed by atoms with Gasteiger partial charge in [0.2, 0.25) is 23.8 Å². The van der Waals surface area contributed by atoms with Crippen LogP contribution in [0.4, 0.5) is 38.0 Å². The smallest absolute Gasteiger partial charge is 0.233 e. The first kappa shape index (κ1) is 30.2. The lowest BCUT2D eigenvalue weighted by atomic mass is 10.0. The summed E-state index contributed by atoms with van der Waals surface area (Å²) in [7, 11) is 0. The highest BCUT2D eigenvalue weighted by molar-refractivity contribution is 6.11. The van der Waals surface area contributed by atoms with Gasteiger partial charge in [-0.25, -0.2) is 8.78 Å². The molecule has 0 saturated carbocycles. The Morgan fingerprint density at radius 1 is 0.744 bits per heavy atom. The molecule has 0 bridgehead atoms. The van der Waals surface area contributed by atoms with Crippen LogP contribution >= 0.6 is 0 Å². The number of hydrogen-bond donors (Lipinski definition) is 6. The lowest BCUT2D eigenvalue weighted by molar-refractivity contribution is -0.115. The van der Waals surface area contributed by atoms with Crippen LogP contribution in [0, 0.1) is 11.6 Å². The number of hydrogen-bond acceptors (Lipinski definition) is 12. The quantitative estimate of drug-likeness (QED) is 0.158. The third-order valence-corrected chi connectivity index (χ3v) is 7.20. The van der Waals surface area contributed by atoms with Crippen LogP contribution in [0.1, 0.15) is 29.6 Å². The fourth-order valence-electron chi connectivity index (χ4n) is 5.27. The van der Waals surface area contributed by atoms with E-state index in [0.29, 0.717) is 56.6 Å². The standard InChI is InChI=1S/C28H35F2N11O2/c29-22-6-5-21(9-23(22)30)35-25(43)10-24(42)15-1-3-20(4-2-15)36-26-37-27(40-11-16(31)7-17(32)12-40)39-28(38-26)41-13-18(33)8-19(34)14-41/h1-6,9,16-19H,7-8,10-14,31-34H2,(H,35,43)(H,36,37,38,39)/t16-,17-,18?,19?/m1/s1. The van der Waals surface area contributed by atoms with Crippen LogP contribution in [0.2, 0.25) is 0 Å². The van der Waals surface area contributed by atoms with E-state index in [2.05, 4.69) is 20.6 Å². The summed E-state index contributed by atoms with van der Waals surface area (Å²) in [5, 5.41) is 5.55. The van der Waals surface area contributed by atoms with Crippen molar-refractivity contribution < 1.29 is 18.4 Å². The Bertz CT molecular complexity index is 1410. The average Bonchev–Trinajstić information content (AvgIpc) is 2.94. The van der Waals surface area contributed by atoms with Crippen LogP contribution in [-0.4, -0.2) is 77.0 Å². The molecule has 0 radical (unpaired) electrons. The molecule has 0 aliphatic carbocycles. The van der Waals surface area contributed by atoms with Crippen molar-refractivity contribution in [3.8, 4) is 0 Å². The third-order valence-electron chi connectivity index (χ3n) is 7.20. The van der Waals surface area contributed by atoms with Crippen LogP contribution < -0.4 is 43.4 Å². The highest BCUT2D eigenvalue weighted by Gasteiger charge is 2.29. The van der Waals surface area contributed by atoms with Gasteiger partial charge in [-0.1, -0.05) is 0 Å². The fraction of sp³-hybridized carbons (Fsp3) is 0.393. The molecule has 3 heterocycles. The normalized spacial score (nSPS) is 22.3. The van der Waals surface area contributed by atoms with E-state index < -0.39 is 29.7 Å². The number of rotatable bonds is 8. The van der Waals surface area contributed by atoms with Crippen molar-refractivity contribution in [3.63, 3.8) is 0 Å². The molecule has 43 heavy (non-hydrogen) atoms. The van der Waals surface area contributed by atoms with Crippen LogP contribution in [0.15, 0.2) is 42.5 Å². The lowest BCUT2D eigenvalue weighted by Gasteiger charge is -2.37. The van der Waals surface area contributed by atoms with E-state index in [1.165, 1.54) is 6.07 Å². The number of nitrogens with two attached hydrogens (primary N) is 4. The van der Waals surface area contributed by atoms with Crippen LogP contribution in [0.25, 0.3) is 0 Å². The molecule has 5 rings (SSSR count). The fourth-order valence-corrected chi connectivity index (χ4v) is 5.27. The van der Waals surface area contributed by atoms with E-state index >= 15 is 0 Å². The molecule has 15 heteroatoms.